The molecule has 2 heteroatoms. The minimum absolute atomic E-state index is 0.123. The molecular weight excluding hydrogens is 150 g/mol. The number of aryl methyl sites for hydroxylation is 2. The molecule has 64 valence electrons. The summed E-state index contributed by atoms with van der Waals surface area (Å²) < 4.78 is 0. The van der Waals surface area contributed by atoms with E-state index in [2.05, 4.69) is 4.98 Å². The van der Waals surface area contributed by atoms with E-state index in [0.29, 0.717) is 0 Å². The zero-order valence-corrected chi connectivity index (χ0v) is 7.72. The van der Waals surface area contributed by atoms with Gasteiger partial charge in [0.15, 0.2) is 5.78 Å². The summed E-state index contributed by atoms with van der Waals surface area (Å²) in [5, 5.41) is 0. The molecule has 2 nitrogen and oxygen atoms in total. The van der Waals surface area contributed by atoms with Crippen molar-refractivity contribution in [2.75, 3.05) is 0 Å². The average Bonchev–Trinajstić information content (AvgIpc) is 2.04. The van der Waals surface area contributed by atoms with Crippen molar-refractivity contribution in [2.45, 2.75) is 27.2 Å². The van der Waals surface area contributed by atoms with Crippen LogP contribution in [0.4, 0.5) is 0 Å². The number of hydrogen-bond acceptors (Lipinski definition) is 2. The van der Waals surface area contributed by atoms with Crippen molar-refractivity contribution in [2.24, 2.45) is 0 Å². The lowest BCUT2D eigenvalue weighted by Crippen LogP contribution is -2.00. The third-order valence-corrected chi connectivity index (χ3v) is 1.88. The van der Waals surface area contributed by atoms with E-state index in [9.17, 15) is 4.79 Å². The Morgan fingerprint density at radius 3 is 2.75 bits per heavy atom. The molecule has 0 aliphatic carbocycles. The summed E-state index contributed by atoms with van der Waals surface area (Å²) in [5.74, 6) is 0.123. The second kappa shape index (κ2) is 3.48. The average molecular weight is 163 g/mol. The highest BCUT2D eigenvalue weighted by Crippen LogP contribution is 2.10. The molecule has 0 aliphatic rings. The Hall–Kier alpha value is -1.18. The summed E-state index contributed by atoms with van der Waals surface area (Å²) in [5.41, 5.74) is 2.75. The zero-order valence-electron chi connectivity index (χ0n) is 7.72. The van der Waals surface area contributed by atoms with Gasteiger partial charge in [-0.2, -0.15) is 0 Å². The molecule has 0 aliphatic heterocycles. The van der Waals surface area contributed by atoms with E-state index in [1.807, 2.05) is 19.9 Å². The lowest BCUT2D eigenvalue weighted by molar-refractivity contribution is 0.101. The highest BCUT2D eigenvalue weighted by atomic mass is 16.1. The maximum absolute atomic E-state index is 11.1. The number of Topliss-reactive ketones (excluding diaryl/α,β-unsaturated/α-hetero) is 1. The molecule has 0 spiro atoms. The van der Waals surface area contributed by atoms with E-state index in [1.165, 1.54) is 0 Å². The fraction of sp³-hybridized carbons (Fsp3) is 0.400. The van der Waals surface area contributed by atoms with Crippen LogP contribution in [0.25, 0.3) is 0 Å². The van der Waals surface area contributed by atoms with Crippen LogP contribution in [0.15, 0.2) is 12.3 Å². The van der Waals surface area contributed by atoms with Crippen molar-refractivity contribution >= 4 is 5.78 Å². The largest absolute Gasteiger partial charge is 0.294 e. The number of carbonyl (C=O) groups excluding carboxylic acids is 1. The van der Waals surface area contributed by atoms with Crippen LogP contribution in [0.5, 0.6) is 0 Å². The van der Waals surface area contributed by atoms with E-state index in [4.69, 9.17) is 0 Å². The van der Waals surface area contributed by atoms with Crippen molar-refractivity contribution in [1.82, 2.24) is 4.98 Å². The van der Waals surface area contributed by atoms with Gasteiger partial charge in [-0.1, -0.05) is 6.92 Å². The third kappa shape index (κ3) is 1.70. The zero-order chi connectivity index (χ0) is 9.14. The van der Waals surface area contributed by atoms with Crippen LogP contribution in [0.3, 0.4) is 0 Å². The number of ketones is 1. The van der Waals surface area contributed by atoms with Crippen LogP contribution in [0.2, 0.25) is 0 Å². The number of carbonyl (C=O) groups is 1. The van der Waals surface area contributed by atoms with Gasteiger partial charge in [-0.05, 0) is 31.9 Å². The minimum atomic E-state index is 0.123. The molecule has 0 bridgehead atoms. The first-order valence-electron chi connectivity index (χ1n) is 4.11. The maximum atomic E-state index is 11.1. The maximum Gasteiger partial charge on any atom is 0.160 e. The molecule has 0 amide bonds. The minimum Gasteiger partial charge on any atom is -0.294 e. The van der Waals surface area contributed by atoms with Crippen LogP contribution in [0.1, 0.15) is 35.5 Å². The molecule has 1 heterocycles. The van der Waals surface area contributed by atoms with Gasteiger partial charge in [0.05, 0.1) is 0 Å². The molecule has 0 N–H and O–H groups in total. The lowest BCUT2D eigenvalue weighted by atomic mass is 10.0. The first kappa shape index (κ1) is 8.91. The van der Waals surface area contributed by atoms with Crippen molar-refractivity contribution in [3.05, 3.63) is 29.1 Å². The monoisotopic (exact) mass is 163 g/mol. The Morgan fingerprint density at radius 2 is 2.25 bits per heavy atom. The van der Waals surface area contributed by atoms with Gasteiger partial charge in [-0.25, -0.2) is 0 Å². The number of hydrogen-bond donors (Lipinski definition) is 0. The molecule has 1 aromatic heterocycles. The Balaban J connectivity index is 3.21. The first-order valence-corrected chi connectivity index (χ1v) is 4.11. The van der Waals surface area contributed by atoms with Gasteiger partial charge in [-0.3, -0.25) is 9.78 Å². The number of nitrogens with zero attached hydrogens (tertiary/aromatic N) is 1. The topological polar surface area (TPSA) is 30.0 Å². The van der Waals surface area contributed by atoms with Gasteiger partial charge in [0.25, 0.3) is 0 Å². The highest BCUT2D eigenvalue weighted by Gasteiger charge is 2.05. The van der Waals surface area contributed by atoms with Crippen LogP contribution in [-0.4, -0.2) is 10.8 Å². The van der Waals surface area contributed by atoms with Crippen molar-refractivity contribution < 1.29 is 4.79 Å². The summed E-state index contributed by atoms with van der Waals surface area (Å²) in [6.07, 6.45) is 2.65. The molecule has 0 saturated heterocycles. The Labute approximate surface area is 72.6 Å². The van der Waals surface area contributed by atoms with Crippen LogP contribution in [-0.2, 0) is 6.42 Å². The second-order valence-electron chi connectivity index (χ2n) is 2.89. The Kier molecular flexibility index (Phi) is 2.58. The normalized spacial score (nSPS) is 9.92. The fourth-order valence-electron chi connectivity index (χ4n) is 1.20. The molecule has 1 aromatic rings. The molecule has 0 saturated carbocycles. The number of rotatable bonds is 2. The molecule has 0 unspecified atom stereocenters. The van der Waals surface area contributed by atoms with Crippen LogP contribution >= 0.6 is 0 Å². The Morgan fingerprint density at radius 1 is 1.58 bits per heavy atom. The Bertz CT molecular complexity index is 305. The fourth-order valence-corrected chi connectivity index (χ4v) is 1.20. The van der Waals surface area contributed by atoms with Gasteiger partial charge >= 0.3 is 0 Å². The first-order chi connectivity index (χ1) is 5.65. The summed E-state index contributed by atoms with van der Waals surface area (Å²) in [4.78, 5) is 15.3. The smallest absolute Gasteiger partial charge is 0.160 e. The predicted octanol–water partition coefficient (Wildman–Crippen LogP) is 2.16. The number of aromatic nitrogens is 1. The van der Waals surface area contributed by atoms with E-state index in [1.54, 1.807) is 13.1 Å². The molecule has 0 fully saturated rings. The van der Waals surface area contributed by atoms with Crippen LogP contribution < -0.4 is 0 Å². The molecule has 1 rings (SSSR count). The summed E-state index contributed by atoms with van der Waals surface area (Å²) >= 11 is 0. The summed E-state index contributed by atoms with van der Waals surface area (Å²) in [6.45, 7) is 5.51. The van der Waals surface area contributed by atoms with E-state index < -0.39 is 0 Å². The lowest BCUT2D eigenvalue weighted by Gasteiger charge is -2.03. The number of pyridine rings is 1. The molecule has 0 atom stereocenters. The van der Waals surface area contributed by atoms with Gasteiger partial charge in [0, 0.05) is 17.5 Å². The van der Waals surface area contributed by atoms with Crippen molar-refractivity contribution in [3.63, 3.8) is 0 Å². The van der Waals surface area contributed by atoms with Gasteiger partial charge in [-0.15, -0.1) is 0 Å². The quantitative estimate of drug-likeness (QED) is 0.625. The molecule has 0 aromatic carbocycles. The SMILES string of the molecule is CCc1cnc(C)cc1C(C)=O. The third-order valence-electron chi connectivity index (χ3n) is 1.88. The predicted molar refractivity (Wildman–Crippen MR) is 48.4 cm³/mol. The molecule has 12 heavy (non-hydrogen) atoms. The molecular formula is C10H13NO. The highest BCUT2D eigenvalue weighted by molar-refractivity contribution is 5.95. The summed E-state index contributed by atoms with van der Waals surface area (Å²) in [6, 6.07) is 1.85. The van der Waals surface area contributed by atoms with E-state index in [0.717, 1.165) is 23.2 Å². The van der Waals surface area contributed by atoms with E-state index in [-0.39, 0.29) is 5.78 Å². The van der Waals surface area contributed by atoms with Crippen LogP contribution in [0, 0.1) is 6.92 Å². The van der Waals surface area contributed by atoms with Gasteiger partial charge in [0.1, 0.15) is 0 Å². The molecule has 0 radical (unpaired) electrons. The van der Waals surface area contributed by atoms with E-state index >= 15 is 0 Å². The van der Waals surface area contributed by atoms with Crippen molar-refractivity contribution in [3.8, 4) is 0 Å². The van der Waals surface area contributed by atoms with Crippen molar-refractivity contribution in [1.29, 1.82) is 0 Å². The van der Waals surface area contributed by atoms with Gasteiger partial charge in [0.2, 0.25) is 0 Å². The van der Waals surface area contributed by atoms with Gasteiger partial charge < -0.3 is 0 Å². The standard InChI is InChI=1S/C10H13NO/c1-4-9-6-11-7(2)5-10(9)8(3)12/h5-6H,4H2,1-3H3. The second-order valence-corrected chi connectivity index (χ2v) is 2.89. The summed E-state index contributed by atoms with van der Waals surface area (Å²) in [7, 11) is 0.